The highest BCUT2D eigenvalue weighted by Crippen LogP contribution is 2.32. The molecule has 1 unspecified atom stereocenters. The summed E-state index contributed by atoms with van der Waals surface area (Å²) in [4.78, 5) is 27.7. The zero-order chi connectivity index (χ0) is 12.7. The van der Waals surface area contributed by atoms with Gasteiger partial charge in [0.25, 0.3) is 0 Å². The van der Waals surface area contributed by atoms with Gasteiger partial charge in [-0.3, -0.25) is 14.6 Å². The number of allylic oxidation sites excluding steroid dienone is 3. The Hall–Kier alpha value is -2.49. The second-order valence-electron chi connectivity index (χ2n) is 4.12. The molecule has 88 valence electrons. The number of rotatable bonds is 1. The Balaban J connectivity index is 2.22. The van der Waals surface area contributed by atoms with Crippen molar-refractivity contribution in [1.82, 2.24) is 0 Å². The van der Waals surface area contributed by atoms with E-state index in [0.717, 1.165) is 0 Å². The predicted octanol–water partition coefficient (Wildman–Crippen LogP) is 2.15. The number of fused-ring (bicyclic) bond motifs is 2. The normalized spacial score (nSPS) is 20.7. The van der Waals surface area contributed by atoms with Gasteiger partial charge in [0.15, 0.2) is 5.78 Å². The van der Waals surface area contributed by atoms with Crippen molar-refractivity contribution in [3.8, 4) is 0 Å². The van der Waals surface area contributed by atoms with Crippen molar-refractivity contribution in [3.05, 3.63) is 53.6 Å². The van der Waals surface area contributed by atoms with Crippen LogP contribution >= 0.6 is 0 Å². The van der Waals surface area contributed by atoms with Crippen LogP contribution in [0, 0.1) is 5.92 Å². The van der Waals surface area contributed by atoms with E-state index in [9.17, 15) is 9.59 Å². The van der Waals surface area contributed by atoms with Crippen LogP contribution in [-0.2, 0) is 4.79 Å². The Labute approximate surface area is 103 Å². The minimum absolute atomic E-state index is 0.161. The molecule has 1 heterocycles. The number of para-hydroxylation sites is 1. The lowest BCUT2D eigenvalue weighted by molar-refractivity contribution is -0.138. The number of Topliss-reactive ketones (excluding diaryl/α,β-unsaturated/α-hetero) is 1. The Morgan fingerprint density at radius 1 is 1.28 bits per heavy atom. The molecule has 18 heavy (non-hydrogen) atoms. The minimum atomic E-state index is -0.997. The Morgan fingerprint density at radius 2 is 2.06 bits per heavy atom. The molecule has 1 aromatic rings. The Kier molecular flexibility index (Phi) is 2.23. The number of aliphatic carboxylic acids is 1. The van der Waals surface area contributed by atoms with E-state index in [1.807, 2.05) is 0 Å². The highest BCUT2D eigenvalue weighted by molar-refractivity contribution is 6.35. The molecule has 0 amide bonds. The first-order chi connectivity index (χ1) is 8.68. The lowest BCUT2D eigenvalue weighted by Gasteiger charge is -2.22. The summed E-state index contributed by atoms with van der Waals surface area (Å²) in [6.45, 7) is 0. The van der Waals surface area contributed by atoms with Crippen molar-refractivity contribution in [2.75, 3.05) is 0 Å². The molecule has 2 aliphatic rings. The maximum Gasteiger partial charge on any atom is 0.316 e. The predicted molar refractivity (Wildman–Crippen MR) is 66.2 cm³/mol. The van der Waals surface area contributed by atoms with Gasteiger partial charge in [-0.15, -0.1) is 0 Å². The van der Waals surface area contributed by atoms with Crippen LogP contribution in [0.1, 0.15) is 10.4 Å². The van der Waals surface area contributed by atoms with Gasteiger partial charge in [0.1, 0.15) is 5.92 Å². The fourth-order valence-corrected chi connectivity index (χ4v) is 2.17. The van der Waals surface area contributed by atoms with E-state index in [1.54, 1.807) is 36.4 Å². The van der Waals surface area contributed by atoms with Crippen LogP contribution in [0.2, 0.25) is 0 Å². The van der Waals surface area contributed by atoms with Gasteiger partial charge in [0, 0.05) is 11.1 Å². The first-order valence-corrected chi connectivity index (χ1v) is 5.52. The van der Waals surface area contributed by atoms with Gasteiger partial charge < -0.3 is 5.11 Å². The van der Waals surface area contributed by atoms with Gasteiger partial charge in [-0.1, -0.05) is 24.3 Å². The summed E-state index contributed by atoms with van der Waals surface area (Å²) in [5.41, 5.74) is 1.76. The molecule has 0 fully saturated rings. The minimum Gasteiger partial charge on any atom is -0.481 e. The topological polar surface area (TPSA) is 66.7 Å². The van der Waals surface area contributed by atoms with Gasteiger partial charge in [0.05, 0.1) is 11.4 Å². The molecule has 4 heteroatoms. The van der Waals surface area contributed by atoms with Gasteiger partial charge in [-0.25, -0.2) is 0 Å². The van der Waals surface area contributed by atoms with Gasteiger partial charge in [0.2, 0.25) is 0 Å². The van der Waals surface area contributed by atoms with E-state index < -0.39 is 11.9 Å². The summed E-state index contributed by atoms with van der Waals surface area (Å²) in [7, 11) is 0. The number of ketones is 1. The number of hydrogen-bond acceptors (Lipinski definition) is 3. The fraction of sp³-hybridized carbons (Fsp3) is 0.0714. The molecule has 1 aliphatic heterocycles. The highest BCUT2D eigenvalue weighted by atomic mass is 16.4. The van der Waals surface area contributed by atoms with Crippen LogP contribution in [0.25, 0.3) is 0 Å². The first-order valence-electron chi connectivity index (χ1n) is 5.52. The second-order valence-corrected chi connectivity index (χ2v) is 4.12. The first kappa shape index (κ1) is 10.7. The molecule has 0 spiro atoms. The van der Waals surface area contributed by atoms with Crippen molar-refractivity contribution in [1.29, 1.82) is 0 Å². The van der Waals surface area contributed by atoms with Gasteiger partial charge >= 0.3 is 5.97 Å². The number of carbonyl (C=O) groups is 2. The van der Waals surface area contributed by atoms with Crippen molar-refractivity contribution >= 4 is 23.2 Å². The smallest absolute Gasteiger partial charge is 0.316 e. The molecule has 1 N–H and O–H groups in total. The summed E-state index contributed by atoms with van der Waals surface area (Å²) in [5.74, 6) is -2.00. The molecule has 4 nitrogen and oxygen atoms in total. The van der Waals surface area contributed by atoms with E-state index in [-0.39, 0.29) is 5.78 Å². The number of aliphatic imine (C=N–C) groups is 1. The summed E-state index contributed by atoms with van der Waals surface area (Å²) in [5, 5.41) is 9.14. The zero-order valence-electron chi connectivity index (χ0n) is 9.33. The summed E-state index contributed by atoms with van der Waals surface area (Å²) < 4.78 is 0. The molecule has 0 aromatic heterocycles. The van der Waals surface area contributed by atoms with E-state index in [2.05, 4.69) is 4.99 Å². The standard InChI is InChI=1S/C14H9NO3/c16-13-8-4-1-2-7-11(8)15-12-9(13)5-3-6-10(12)14(17)18/h1-7,10H,(H,17,18). The third-order valence-corrected chi connectivity index (χ3v) is 3.04. The van der Waals surface area contributed by atoms with Crippen molar-refractivity contribution in [3.63, 3.8) is 0 Å². The van der Waals surface area contributed by atoms with Gasteiger partial charge in [-0.05, 0) is 18.2 Å². The summed E-state index contributed by atoms with van der Waals surface area (Å²) in [6, 6.07) is 6.96. The third kappa shape index (κ3) is 1.43. The lowest BCUT2D eigenvalue weighted by atomic mass is 9.85. The largest absolute Gasteiger partial charge is 0.481 e. The summed E-state index contributed by atoms with van der Waals surface area (Å²) in [6.07, 6.45) is 4.75. The lowest BCUT2D eigenvalue weighted by Crippen LogP contribution is -2.30. The number of carboxylic acid groups (broad SMARTS) is 1. The zero-order valence-corrected chi connectivity index (χ0v) is 9.33. The number of nitrogens with zero attached hydrogens (tertiary/aromatic N) is 1. The number of hydrogen-bond donors (Lipinski definition) is 1. The van der Waals surface area contributed by atoms with E-state index in [0.29, 0.717) is 22.5 Å². The molecule has 0 saturated carbocycles. The van der Waals surface area contributed by atoms with E-state index in [1.165, 1.54) is 6.08 Å². The molecule has 1 aliphatic carbocycles. The van der Waals surface area contributed by atoms with Crippen molar-refractivity contribution in [2.24, 2.45) is 10.9 Å². The van der Waals surface area contributed by atoms with Gasteiger partial charge in [-0.2, -0.15) is 0 Å². The Bertz CT molecular complexity index is 653. The maximum absolute atomic E-state index is 12.2. The molecule has 1 aromatic carbocycles. The van der Waals surface area contributed by atoms with Crippen LogP contribution in [0.3, 0.4) is 0 Å². The molecule has 1 atom stereocenters. The van der Waals surface area contributed by atoms with Crippen LogP contribution in [0.15, 0.2) is 53.1 Å². The Morgan fingerprint density at radius 3 is 2.83 bits per heavy atom. The maximum atomic E-state index is 12.2. The number of carbonyl (C=O) groups excluding carboxylic acids is 1. The highest BCUT2D eigenvalue weighted by Gasteiger charge is 2.33. The molecule has 3 rings (SSSR count). The molecule has 0 saturated heterocycles. The molecule has 0 radical (unpaired) electrons. The monoisotopic (exact) mass is 239 g/mol. The quantitative estimate of drug-likeness (QED) is 0.816. The number of carboxylic acids is 1. The average Bonchev–Trinajstić information content (AvgIpc) is 2.38. The van der Waals surface area contributed by atoms with E-state index >= 15 is 0 Å². The van der Waals surface area contributed by atoms with Crippen LogP contribution in [-0.4, -0.2) is 22.6 Å². The van der Waals surface area contributed by atoms with Crippen LogP contribution < -0.4 is 0 Å². The molecular formula is C14H9NO3. The summed E-state index contributed by atoms with van der Waals surface area (Å²) >= 11 is 0. The van der Waals surface area contributed by atoms with Crippen molar-refractivity contribution < 1.29 is 14.7 Å². The van der Waals surface area contributed by atoms with Crippen LogP contribution in [0.5, 0.6) is 0 Å². The number of benzene rings is 1. The van der Waals surface area contributed by atoms with E-state index in [4.69, 9.17) is 5.11 Å². The average molecular weight is 239 g/mol. The fourth-order valence-electron chi connectivity index (χ4n) is 2.17. The second kappa shape index (κ2) is 3.77. The van der Waals surface area contributed by atoms with Crippen LogP contribution in [0.4, 0.5) is 5.69 Å². The molecule has 0 bridgehead atoms. The SMILES string of the molecule is O=C1C2=CC=CC(C(=O)O)C2=Nc2ccccc21. The third-order valence-electron chi connectivity index (χ3n) is 3.04. The van der Waals surface area contributed by atoms with Crippen molar-refractivity contribution in [2.45, 2.75) is 0 Å². The molecular weight excluding hydrogens is 230 g/mol.